The van der Waals surface area contributed by atoms with Crippen LogP contribution in [-0.4, -0.2) is 18.5 Å². The largest absolute Gasteiger partial charge is 0.456 e. The Balaban J connectivity index is 1.97. The molecule has 6 heteroatoms. The third kappa shape index (κ3) is 3.24. The summed E-state index contributed by atoms with van der Waals surface area (Å²) in [5, 5.41) is 3.44. The Kier molecular flexibility index (Phi) is 3.89. The number of halogens is 2. The van der Waals surface area contributed by atoms with Crippen LogP contribution in [0.1, 0.15) is 5.56 Å². The first-order valence-electron chi connectivity index (χ1n) is 5.16. The van der Waals surface area contributed by atoms with Crippen molar-refractivity contribution in [2.24, 2.45) is 0 Å². The summed E-state index contributed by atoms with van der Waals surface area (Å²) < 4.78 is 4.67. The van der Waals surface area contributed by atoms with Crippen molar-refractivity contribution in [2.45, 2.75) is 6.42 Å². The van der Waals surface area contributed by atoms with Crippen LogP contribution in [0.2, 0.25) is 10.0 Å². The topological polar surface area (TPSA) is 55.4 Å². The number of cyclic esters (lactones) is 1. The number of ether oxygens (including phenoxy) is 1. The molecule has 1 N–H and O–H groups in total. The van der Waals surface area contributed by atoms with E-state index in [1.54, 1.807) is 18.2 Å². The molecule has 1 aromatic rings. The summed E-state index contributed by atoms with van der Waals surface area (Å²) in [5.74, 6) is -0.683. The van der Waals surface area contributed by atoms with Gasteiger partial charge in [0.15, 0.2) is 0 Å². The van der Waals surface area contributed by atoms with Gasteiger partial charge in [-0.2, -0.15) is 0 Å². The molecule has 0 saturated carbocycles. The van der Waals surface area contributed by atoms with Crippen molar-refractivity contribution in [1.82, 2.24) is 5.32 Å². The summed E-state index contributed by atoms with van der Waals surface area (Å²) in [7, 11) is 0. The zero-order valence-corrected chi connectivity index (χ0v) is 10.7. The fourth-order valence-electron chi connectivity index (χ4n) is 1.50. The van der Waals surface area contributed by atoms with Crippen LogP contribution in [0.5, 0.6) is 0 Å². The maximum atomic E-state index is 11.7. The lowest BCUT2D eigenvalue weighted by atomic mass is 10.1. The van der Waals surface area contributed by atoms with Crippen molar-refractivity contribution in [3.05, 3.63) is 45.6 Å². The molecule has 0 atom stereocenters. The molecule has 1 aromatic carbocycles. The minimum Gasteiger partial charge on any atom is -0.456 e. The molecular formula is C12H9Cl2NO3. The highest BCUT2D eigenvalue weighted by atomic mass is 35.5. The smallest absolute Gasteiger partial charge is 0.333 e. The Labute approximate surface area is 114 Å². The predicted octanol–water partition coefficient (Wildman–Crippen LogP) is 2.09. The van der Waals surface area contributed by atoms with E-state index in [1.807, 2.05) is 0 Å². The first-order valence-corrected chi connectivity index (χ1v) is 5.91. The minimum absolute atomic E-state index is 0.103. The summed E-state index contributed by atoms with van der Waals surface area (Å²) in [6, 6.07) is 4.99. The zero-order chi connectivity index (χ0) is 13.1. The predicted molar refractivity (Wildman–Crippen MR) is 67.4 cm³/mol. The highest BCUT2D eigenvalue weighted by Gasteiger charge is 2.15. The highest BCUT2D eigenvalue weighted by Crippen LogP contribution is 2.22. The van der Waals surface area contributed by atoms with Crippen LogP contribution in [0.25, 0.3) is 0 Å². The molecule has 0 aliphatic carbocycles. The van der Waals surface area contributed by atoms with Gasteiger partial charge in [0.05, 0.1) is 22.2 Å². The van der Waals surface area contributed by atoms with Gasteiger partial charge < -0.3 is 10.1 Å². The summed E-state index contributed by atoms with van der Waals surface area (Å²) in [6.45, 7) is 0.103. The lowest BCUT2D eigenvalue weighted by molar-refractivity contribution is -0.135. The van der Waals surface area contributed by atoms with Gasteiger partial charge >= 0.3 is 5.97 Å². The molecule has 1 heterocycles. The second-order valence-corrected chi connectivity index (χ2v) is 4.57. The van der Waals surface area contributed by atoms with E-state index in [0.29, 0.717) is 15.7 Å². The molecule has 1 aliphatic heterocycles. The Morgan fingerprint density at radius 3 is 2.72 bits per heavy atom. The maximum absolute atomic E-state index is 11.7. The van der Waals surface area contributed by atoms with E-state index in [-0.39, 0.29) is 18.9 Å². The third-order valence-electron chi connectivity index (χ3n) is 2.31. The van der Waals surface area contributed by atoms with Gasteiger partial charge in [-0.25, -0.2) is 4.79 Å². The molecule has 0 spiro atoms. The van der Waals surface area contributed by atoms with E-state index in [4.69, 9.17) is 23.2 Å². The molecule has 1 amide bonds. The molecule has 0 saturated heterocycles. The molecule has 0 unspecified atom stereocenters. The Hall–Kier alpha value is -1.52. The van der Waals surface area contributed by atoms with Gasteiger partial charge in [0.2, 0.25) is 5.91 Å². The van der Waals surface area contributed by atoms with Crippen molar-refractivity contribution in [3.8, 4) is 0 Å². The average Bonchev–Trinajstić information content (AvgIpc) is 2.69. The van der Waals surface area contributed by atoms with Crippen LogP contribution in [0.4, 0.5) is 0 Å². The van der Waals surface area contributed by atoms with Crippen LogP contribution >= 0.6 is 23.2 Å². The lowest BCUT2D eigenvalue weighted by Gasteiger charge is -2.05. The zero-order valence-electron chi connectivity index (χ0n) is 9.20. The molecule has 0 aromatic heterocycles. The summed E-state index contributed by atoms with van der Waals surface area (Å²) in [5.41, 5.74) is 1.21. The van der Waals surface area contributed by atoms with Crippen molar-refractivity contribution >= 4 is 35.1 Å². The molecule has 0 fully saturated rings. The van der Waals surface area contributed by atoms with Gasteiger partial charge in [-0.3, -0.25) is 4.79 Å². The van der Waals surface area contributed by atoms with E-state index in [1.165, 1.54) is 6.08 Å². The van der Waals surface area contributed by atoms with Gasteiger partial charge in [-0.05, 0) is 17.7 Å². The maximum Gasteiger partial charge on any atom is 0.333 e. The first kappa shape index (κ1) is 12.9. The highest BCUT2D eigenvalue weighted by molar-refractivity contribution is 6.42. The number of nitrogens with one attached hydrogen (secondary N) is 1. The SMILES string of the molecule is O=C(Cc1ccc(Cl)c(Cl)c1)NC1=CC(=O)OC1. The van der Waals surface area contributed by atoms with E-state index in [9.17, 15) is 9.59 Å². The normalized spacial score (nSPS) is 14.1. The number of rotatable bonds is 3. The van der Waals surface area contributed by atoms with Gasteiger partial charge in [0.25, 0.3) is 0 Å². The van der Waals surface area contributed by atoms with Crippen molar-refractivity contribution < 1.29 is 14.3 Å². The van der Waals surface area contributed by atoms with Crippen molar-refractivity contribution in [2.75, 3.05) is 6.61 Å². The molecule has 94 valence electrons. The fourth-order valence-corrected chi connectivity index (χ4v) is 1.83. The molecular weight excluding hydrogens is 277 g/mol. The Bertz CT molecular complexity index is 540. The number of hydrogen-bond donors (Lipinski definition) is 1. The quantitative estimate of drug-likeness (QED) is 0.866. The first-order chi connectivity index (χ1) is 8.54. The number of esters is 1. The third-order valence-corrected chi connectivity index (χ3v) is 3.05. The lowest BCUT2D eigenvalue weighted by Crippen LogP contribution is -2.25. The second-order valence-electron chi connectivity index (χ2n) is 3.75. The Morgan fingerprint density at radius 2 is 2.11 bits per heavy atom. The van der Waals surface area contributed by atoms with Gasteiger partial charge in [-0.1, -0.05) is 29.3 Å². The van der Waals surface area contributed by atoms with Crippen LogP contribution < -0.4 is 5.32 Å². The van der Waals surface area contributed by atoms with E-state index >= 15 is 0 Å². The van der Waals surface area contributed by atoms with Crippen LogP contribution in [0.3, 0.4) is 0 Å². The monoisotopic (exact) mass is 285 g/mol. The minimum atomic E-state index is -0.445. The molecule has 4 nitrogen and oxygen atoms in total. The number of amides is 1. The van der Waals surface area contributed by atoms with E-state index < -0.39 is 5.97 Å². The Morgan fingerprint density at radius 1 is 1.33 bits per heavy atom. The van der Waals surface area contributed by atoms with Crippen molar-refractivity contribution in [1.29, 1.82) is 0 Å². The molecule has 0 bridgehead atoms. The standard InChI is InChI=1S/C12H9Cl2NO3/c13-9-2-1-7(3-10(9)14)4-11(16)15-8-5-12(17)18-6-8/h1-3,5H,4,6H2,(H,15,16). The summed E-state index contributed by atoms with van der Waals surface area (Å²) >= 11 is 11.6. The molecule has 1 aliphatic rings. The molecule has 18 heavy (non-hydrogen) atoms. The number of benzene rings is 1. The van der Waals surface area contributed by atoms with Gasteiger partial charge in [0.1, 0.15) is 6.61 Å². The van der Waals surface area contributed by atoms with Crippen molar-refractivity contribution in [3.63, 3.8) is 0 Å². The van der Waals surface area contributed by atoms with Gasteiger partial charge in [0, 0.05) is 6.08 Å². The second kappa shape index (κ2) is 5.42. The van der Waals surface area contributed by atoms with Crippen LogP contribution in [0, 0.1) is 0 Å². The van der Waals surface area contributed by atoms with E-state index in [2.05, 4.69) is 10.1 Å². The van der Waals surface area contributed by atoms with Crippen LogP contribution in [-0.2, 0) is 20.7 Å². The van der Waals surface area contributed by atoms with Crippen LogP contribution in [0.15, 0.2) is 30.0 Å². The van der Waals surface area contributed by atoms with Gasteiger partial charge in [-0.15, -0.1) is 0 Å². The number of carbonyl (C=O) groups is 2. The molecule has 0 radical (unpaired) electrons. The average molecular weight is 286 g/mol. The summed E-state index contributed by atoms with van der Waals surface area (Å²) in [6.07, 6.45) is 1.41. The summed E-state index contributed by atoms with van der Waals surface area (Å²) in [4.78, 5) is 22.5. The molecule has 2 rings (SSSR count). The number of hydrogen-bond acceptors (Lipinski definition) is 3. The number of carbonyl (C=O) groups excluding carboxylic acids is 2. The van der Waals surface area contributed by atoms with E-state index in [0.717, 1.165) is 5.56 Å². The fraction of sp³-hybridized carbons (Fsp3) is 0.167.